The number of halogens is 3. The number of nitrogens with one attached hydrogen (secondary N) is 1. The molecule has 1 aromatic carbocycles. The molecule has 0 bridgehead atoms. The molecule has 2 amide bonds. The van der Waals surface area contributed by atoms with Crippen LogP contribution < -0.4 is 19.7 Å². The van der Waals surface area contributed by atoms with E-state index in [-0.39, 0.29) is 24.5 Å². The minimum atomic E-state index is -4.81. The Morgan fingerprint density at radius 3 is 2.44 bits per heavy atom. The molecule has 12 heteroatoms. The van der Waals surface area contributed by atoms with Crippen LogP contribution in [-0.2, 0) is 16.6 Å². The number of alkyl halides is 3. The average Bonchev–Trinajstić information content (AvgIpc) is 3.22. The highest BCUT2D eigenvalue weighted by Gasteiger charge is 2.34. The van der Waals surface area contributed by atoms with Crippen LogP contribution in [0.1, 0.15) is 13.3 Å². The molecule has 1 unspecified atom stereocenters. The van der Waals surface area contributed by atoms with Gasteiger partial charge >= 0.3 is 6.36 Å². The van der Waals surface area contributed by atoms with Crippen molar-refractivity contribution in [3.63, 3.8) is 0 Å². The van der Waals surface area contributed by atoms with Gasteiger partial charge in [0.2, 0.25) is 5.91 Å². The van der Waals surface area contributed by atoms with E-state index in [1.165, 1.54) is 17.0 Å². The van der Waals surface area contributed by atoms with Crippen molar-refractivity contribution in [3.8, 4) is 22.9 Å². The molecule has 0 radical (unpaired) electrons. The van der Waals surface area contributed by atoms with Gasteiger partial charge in [0.25, 0.3) is 5.91 Å². The van der Waals surface area contributed by atoms with Gasteiger partial charge in [-0.05, 0) is 48.9 Å². The molecule has 1 aliphatic rings. The lowest BCUT2D eigenvalue weighted by atomic mass is 10.1. The van der Waals surface area contributed by atoms with Crippen molar-refractivity contribution in [2.75, 3.05) is 16.8 Å². The van der Waals surface area contributed by atoms with Crippen LogP contribution in [-0.4, -0.2) is 45.6 Å². The maximum atomic E-state index is 13.3. The van der Waals surface area contributed by atoms with E-state index in [0.717, 1.165) is 12.1 Å². The third-order valence-electron chi connectivity index (χ3n) is 4.93. The fourth-order valence-corrected chi connectivity index (χ4v) is 3.40. The number of carbonyl (C=O) groups excluding carboxylic acids is 2. The van der Waals surface area contributed by atoms with E-state index >= 15 is 0 Å². The van der Waals surface area contributed by atoms with Crippen molar-refractivity contribution in [2.45, 2.75) is 25.8 Å². The highest BCUT2D eigenvalue weighted by molar-refractivity contribution is 6.10. The molecular weight excluding hydrogens is 455 g/mol. The van der Waals surface area contributed by atoms with Crippen LogP contribution in [0.2, 0.25) is 0 Å². The number of fused-ring (bicyclic) bond motifs is 1. The quantitative estimate of drug-likeness (QED) is 0.586. The molecule has 0 aliphatic carbocycles. The van der Waals surface area contributed by atoms with Crippen LogP contribution in [0.15, 0.2) is 48.7 Å². The maximum absolute atomic E-state index is 13.3. The molecule has 0 fully saturated rings. The second kappa shape index (κ2) is 9.04. The van der Waals surface area contributed by atoms with Gasteiger partial charge in [-0.1, -0.05) is 6.92 Å². The number of hydrogen-bond acceptors (Lipinski definition) is 6. The number of hydrogen-bond donors (Lipinski definition) is 1. The zero-order chi connectivity index (χ0) is 24.5. The summed E-state index contributed by atoms with van der Waals surface area (Å²) in [6.07, 6.45) is -3.82. The Hall–Kier alpha value is -4.09. The first kappa shape index (κ1) is 23.1. The van der Waals surface area contributed by atoms with E-state index in [2.05, 4.69) is 20.1 Å². The smallest absolute Gasteiger partial charge is 0.481 e. The van der Waals surface area contributed by atoms with E-state index < -0.39 is 30.0 Å². The normalized spacial score (nSPS) is 14.3. The van der Waals surface area contributed by atoms with Crippen molar-refractivity contribution in [3.05, 3.63) is 48.7 Å². The summed E-state index contributed by atoms with van der Waals surface area (Å²) in [5.41, 5.74) is 1.48. The summed E-state index contributed by atoms with van der Waals surface area (Å²) in [7, 11) is 1.77. The largest absolute Gasteiger partial charge is 0.573 e. The van der Waals surface area contributed by atoms with Crippen molar-refractivity contribution in [1.82, 2.24) is 14.8 Å². The van der Waals surface area contributed by atoms with Crippen LogP contribution in [0.5, 0.6) is 11.5 Å². The number of amides is 2. The molecule has 1 atom stereocenters. The van der Waals surface area contributed by atoms with Crippen molar-refractivity contribution in [2.24, 2.45) is 7.05 Å². The van der Waals surface area contributed by atoms with E-state index in [4.69, 9.17) is 4.74 Å². The van der Waals surface area contributed by atoms with E-state index in [1.54, 1.807) is 43.0 Å². The topological polar surface area (TPSA) is 98.6 Å². The third kappa shape index (κ3) is 5.11. The Morgan fingerprint density at radius 1 is 1.12 bits per heavy atom. The molecule has 4 rings (SSSR count). The highest BCUT2D eigenvalue weighted by Crippen LogP contribution is 2.32. The Morgan fingerprint density at radius 2 is 1.82 bits per heavy atom. The molecule has 0 spiro atoms. The summed E-state index contributed by atoms with van der Waals surface area (Å²) in [6, 6.07) is 9.82. The van der Waals surface area contributed by atoms with Gasteiger partial charge in [0.15, 0.2) is 11.9 Å². The number of rotatable bonds is 6. The van der Waals surface area contributed by atoms with Gasteiger partial charge < -0.3 is 14.8 Å². The Balaban J connectivity index is 1.57. The lowest BCUT2D eigenvalue weighted by Gasteiger charge is -2.31. The van der Waals surface area contributed by atoms with Crippen LogP contribution in [0.25, 0.3) is 11.4 Å². The number of benzene rings is 1. The molecule has 1 N–H and O–H groups in total. The number of aromatic nitrogens is 3. The first-order chi connectivity index (χ1) is 16.1. The van der Waals surface area contributed by atoms with Crippen LogP contribution in [0.4, 0.5) is 24.7 Å². The van der Waals surface area contributed by atoms with E-state index in [9.17, 15) is 22.8 Å². The first-order valence-electron chi connectivity index (χ1n) is 10.3. The number of carbonyl (C=O) groups is 2. The standard InChI is InChI=1S/C22H20F3N5O4/c1-3-18(33-13-4-6-14(7-5-13)34-22(23,24)25)21(32)30-12-19(31)26-17-9-8-15(27-20(17)30)16-10-11-29(2)28-16/h4-11,18H,3,12H2,1-2H3,(H,26,31). The molecule has 2 aromatic heterocycles. The number of anilines is 2. The Kier molecular flexibility index (Phi) is 6.14. The predicted octanol–water partition coefficient (Wildman–Crippen LogP) is 3.52. The number of pyridine rings is 1. The van der Waals surface area contributed by atoms with Gasteiger partial charge in [0, 0.05) is 13.2 Å². The van der Waals surface area contributed by atoms with Gasteiger partial charge in [-0.2, -0.15) is 5.10 Å². The molecule has 0 saturated carbocycles. The fraction of sp³-hybridized carbons (Fsp3) is 0.273. The molecule has 1 aliphatic heterocycles. The monoisotopic (exact) mass is 475 g/mol. The van der Waals surface area contributed by atoms with Gasteiger partial charge in [0.1, 0.15) is 23.7 Å². The summed E-state index contributed by atoms with van der Waals surface area (Å²) >= 11 is 0. The minimum absolute atomic E-state index is 0.173. The number of aryl methyl sites for hydroxylation is 1. The predicted molar refractivity (Wildman–Crippen MR) is 115 cm³/mol. The minimum Gasteiger partial charge on any atom is -0.481 e. The summed E-state index contributed by atoms with van der Waals surface area (Å²) in [5.74, 6) is -0.890. The molecule has 3 aromatic rings. The zero-order valence-electron chi connectivity index (χ0n) is 18.2. The molecule has 34 heavy (non-hydrogen) atoms. The summed E-state index contributed by atoms with van der Waals surface area (Å²) in [6.45, 7) is 1.45. The van der Waals surface area contributed by atoms with Gasteiger partial charge in [-0.25, -0.2) is 4.98 Å². The maximum Gasteiger partial charge on any atom is 0.573 e. The lowest BCUT2D eigenvalue weighted by Crippen LogP contribution is -2.48. The first-order valence-corrected chi connectivity index (χ1v) is 10.3. The van der Waals surface area contributed by atoms with Gasteiger partial charge in [-0.3, -0.25) is 19.2 Å². The summed E-state index contributed by atoms with van der Waals surface area (Å²) in [4.78, 5) is 31.3. The number of ether oxygens (including phenoxy) is 2. The SMILES string of the molecule is CCC(Oc1ccc(OC(F)(F)F)cc1)C(=O)N1CC(=O)Nc2ccc(-c3ccn(C)n3)nc21. The third-order valence-corrected chi connectivity index (χ3v) is 4.93. The molecule has 0 saturated heterocycles. The molecule has 178 valence electrons. The lowest BCUT2D eigenvalue weighted by molar-refractivity contribution is -0.274. The summed E-state index contributed by atoms with van der Waals surface area (Å²) < 4.78 is 48.3. The molecular formula is C22H20F3N5O4. The second-order valence-electron chi connectivity index (χ2n) is 7.45. The Labute approximate surface area is 192 Å². The van der Waals surface area contributed by atoms with Crippen molar-refractivity contribution >= 4 is 23.3 Å². The Bertz CT molecular complexity index is 1210. The molecule has 9 nitrogen and oxygen atoms in total. The highest BCUT2D eigenvalue weighted by atomic mass is 19.4. The fourth-order valence-electron chi connectivity index (χ4n) is 3.40. The van der Waals surface area contributed by atoms with Crippen molar-refractivity contribution < 1.29 is 32.2 Å². The van der Waals surface area contributed by atoms with Gasteiger partial charge in [-0.15, -0.1) is 13.2 Å². The summed E-state index contributed by atoms with van der Waals surface area (Å²) in [5, 5.41) is 7.00. The van der Waals surface area contributed by atoms with E-state index in [1.807, 2.05) is 0 Å². The average molecular weight is 475 g/mol. The molecule has 3 heterocycles. The van der Waals surface area contributed by atoms with Crippen LogP contribution in [0, 0.1) is 0 Å². The van der Waals surface area contributed by atoms with E-state index in [0.29, 0.717) is 17.1 Å². The number of nitrogens with zero attached hydrogens (tertiary/aromatic N) is 4. The zero-order valence-corrected chi connectivity index (χ0v) is 18.2. The second-order valence-corrected chi connectivity index (χ2v) is 7.45. The van der Waals surface area contributed by atoms with Crippen LogP contribution >= 0.6 is 0 Å². The van der Waals surface area contributed by atoms with Gasteiger partial charge in [0.05, 0.1) is 11.4 Å². The van der Waals surface area contributed by atoms with Crippen LogP contribution in [0.3, 0.4) is 0 Å². The van der Waals surface area contributed by atoms with Crippen molar-refractivity contribution in [1.29, 1.82) is 0 Å².